The summed E-state index contributed by atoms with van der Waals surface area (Å²) in [5, 5.41) is 2.92. The van der Waals surface area contributed by atoms with Gasteiger partial charge >= 0.3 is 6.18 Å². The Morgan fingerprint density at radius 1 is 1.19 bits per heavy atom. The molecule has 114 valence electrons. The van der Waals surface area contributed by atoms with E-state index in [-0.39, 0.29) is 10.7 Å². The van der Waals surface area contributed by atoms with Crippen LogP contribution in [0, 0.1) is 13.8 Å². The van der Waals surface area contributed by atoms with Crippen molar-refractivity contribution in [2.45, 2.75) is 26.6 Å². The highest BCUT2D eigenvalue weighted by molar-refractivity contribution is 6.30. The predicted molar refractivity (Wildman–Crippen MR) is 78.7 cm³/mol. The maximum Gasteiger partial charge on any atom is 0.418 e. The Bertz CT molecular complexity index is 660. The second kappa shape index (κ2) is 5.64. The Morgan fingerprint density at radius 2 is 1.86 bits per heavy atom. The fourth-order valence-corrected chi connectivity index (χ4v) is 2.38. The lowest BCUT2D eigenvalue weighted by molar-refractivity contribution is -0.136. The highest BCUT2D eigenvalue weighted by Gasteiger charge is 2.33. The molecule has 0 aliphatic rings. The number of rotatable bonds is 3. The zero-order chi connectivity index (χ0) is 15.8. The quantitative estimate of drug-likeness (QED) is 0.850. The third-order valence-electron chi connectivity index (χ3n) is 3.64. The molecule has 6 heteroatoms. The van der Waals surface area contributed by atoms with Crippen LogP contribution in [-0.4, -0.2) is 4.57 Å². The van der Waals surface area contributed by atoms with Gasteiger partial charge in [-0.15, -0.1) is 0 Å². The molecular formula is C15H16ClF3N2. The fraction of sp³-hybridized carbons (Fsp3) is 0.333. The van der Waals surface area contributed by atoms with Gasteiger partial charge in [0.2, 0.25) is 0 Å². The summed E-state index contributed by atoms with van der Waals surface area (Å²) in [5.41, 5.74) is 2.35. The SMILES string of the molecule is Cc1cc(CNc2ccc(Cl)cc2C(F)(F)F)c(C)n1C. The second-order valence-corrected chi connectivity index (χ2v) is 5.43. The van der Waals surface area contributed by atoms with Crippen LogP contribution in [0.5, 0.6) is 0 Å². The van der Waals surface area contributed by atoms with E-state index in [4.69, 9.17) is 11.6 Å². The van der Waals surface area contributed by atoms with Gasteiger partial charge in [-0.1, -0.05) is 11.6 Å². The van der Waals surface area contributed by atoms with Crippen molar-refractivity contribution in [3.05, 3.63) is 51.8 Å². The molecule has 1 aromatic heterocycles. The van der Waals surface area contributed by atoms with Gasteiger partial charge in [-0.05, 0) is 43.7 Å². The molecule has 0 atom stereocenters. The third kappa shape index (κ3) is 3.35. The van der Waals surface area contributed by atoms with E-state index in [1.807, 2.05) is 31.5 Å². The Morgan fingerprint density at radius 3 is 2.38 bits per heavy atom. The summed E-state index contributed by atoms with van der Waals surface area (Å²) in [4.78, 5) is 0. The summed E-state index contributed by atoms with van der Waals surface area (Å²) in [6.07, 6.45) is -4.44. The smallest absolute Gasteiger partial charge is 0.380 e. The van der Waals surface area contributed by atoms with Gasteiger partial charge in [0.1, 0.15) is 0 Å². The Labute approximate surface area is 126 Å². The first-order valence-corrected chi connectivity index (χ1v) is 6.80. The first-order valence-electron chi connectivity index (χ1n) is 6.42. The molecule has 0 saturated carbocycles. The number of hydrogen-bond donors (Lipinski definition) is 1. The molecule has 1 heterocycles. The summed E-state index contributed by atoms with van der Waals surface area (Å²) >= 11 is 5.66. The molecule has 2 rings (SSSR count). The maximum absolute atomic E-state index is 13.0. The first kappa shape index (κ1) is 15.8. The van der Waals surface area contributed by atoms with E-state index >= 15 is 0 Å². The van der Waals surface area contributed by atoms with Crippen LogP contribution in [-0.2, 0) is 19.8 Å². The molecule has 0 unspecified atom stereocenters. The van der Waals surface area contributed by atoms with Gasteiger partial charge in [0.25, 0.3) is 0 Å². The number of benzene rings is 1. The van der Waals surface area contributed by atoms with Crippen molar-refractivity contribution in [1.82, 2.24) is 4.57 Å². The van der Waals surface area contributed by atoms with Gasteiger partial charge in [0.15, 0.2) is 0 Å². The number of nitrogens with one attached hydrogen (secondary N) is 1. The third-order valence-corrected chi connectivity index (χ3v) is 3.87. The number of nitrogens with zero attached hydrogens (tertiary/aromatic N) is 1. The molecule has 0 aliphatic carbocycles. The number of halogens is 4. The molecule has 0 aliphatic heterocycles. The van der Waals surface area contributed by atoms with E-state index in [1.54, 1.807) is 0 Å². The van der Waals surface area contributed by atoms with Crippen molar-refractivity contribution in [2.75, 3.05) is 5.32 Å². The van der Waals surface area contributed by atoms with Crippen molar-refractivity contribution < 1.29 is 13.2 Å². The van der Waals surface area contributed by atoms with Crippen molar-refractivity contribution in [3.8, 4) is 0 Å². The zero-order valence-corrected chi connectivity index (χ0v) is 12.7. The van der Waals surface area contributed by atoms with E-state index in [2.05, 4.69) is 5.32 Å². The highest BCUT2D eigenvalue weighted by atomic mass is 35.5. The van der Waals surface area contributed by atoms with Crippen LogP contribution in [0.15, 0.2) is 24.3 Å². The molecule has 2 aromatic rings. The van der Waals surface area contributed by atoms with Gasteiger partial charge in [-0.3, -0.25) is 0 Å². The van der Waals surface area contributed by atoms with Gasteiger partial charge in [0.05, 0.1) is 5.56 Å². The lowest BCUT2D eigenvalue weighted by Crippen LogP contribution is -2.11. The Hall–Kier alpha value is -1.62. The lowest BCUT2D eigenvalue weighted by atomic mass is 10.1. The minimum Gasteiger partial charge on any atom is -0.380 e. The Kier molecular flexibility index (Phi) is 4.23. The second-order valence-electron chi connectivity index (χ2n) is 5.00. The van der Waals surface area contributed by atoms with Gasteiger partial charge in [-0.25, -0.2) is 0 Å². The van der Waals surface area contributed by atoms with Crippen LogP contribution in [0.1, 0.15) is 22.5 Å². The van der Waals surface area contributed by atoms with Crippen LogP contribution in [0.3, 0.4) is 0 Å². The monoisotopic (exact) mass is 316 g/mol. The topological polar surface area (TPSA) is 17.0 Å². The van der Waals surface area contributed by atoms with Crippen molar-refractivity contribution >= 4 is 17.3 Å². The molecule has 1 aromatic carbocycles. The first-order chi connectivity index (χ1) is 9.70. The van der Waals surface area contributed by atoms with Gasteiger partial charge < -0.3 is 9.88 Å². The normalized spacial score (nSPS) is 11.8. The molecule has 2 nitrogen and oxygen atoms in total. The number of anilines is 1. The summed E-state index contributed by atoms with van der Waals surface area (Å²) in [7, 11) is 1.93. The summed E-state index contributed by atoms with van der Waals surface area (Å²) in [6, 6.07) is 5.71. The molecular weight excluding hydrogens is 301 g/mol. The van der Waals surface area contributed by atoms with Gasteiger partial charge in [0, 0.05) is 35.7 Å². The van der Waals surface area contributed by atoms with E-state index < -0.39 is 11.7 Å². The number of aryl methyl sites for hydroxylation is 1. The van der Waals surface area contributed by atoms with Crippen LogP contribution >= 0.6 is 11.6 Å². The average molecular weight is 317 g/mol. The number of hydrogen-bond acceptors (Lipinski definition) is 1. The molecule has 0 amide bonds. The van der Waals surface area contributed by atoms with E-state index in [0.29, 0.717) is 6.54 Å². The summed E-state index contributed by atoms with van der Waals surface area (Å²) < 4.78 is 41.0. The lowest BCUT2D eigenvalue weighted by Gasteiger charge is -2.15. The molecule has 0 spiro atoms. The van der Waals surface area contributed by atoms with Crippen LogP contribution in [0.25, 0.3) is 0 Å². The highest BCUT2D eigenvalue weighted by Crippen LogP contribution is 2.36. The van der Waals surface area contributed by atoms with Gasteiger partial charge in [-0.2, -0.15) is 13.2 Å². The average Bonchev–Trinajstić information content (AvgIpc) is 2.64. The molecule has 1 N–H and O–H groups in total. The zero-order valence-electron chi connectivity index (χ0n) is 12.0. The van der Waals surface area contributed by atoms with Crippen molar-refractivity contribution in [3.63, 3.8) is 0 Å². The van der Waals surface area contributed by atoms with E-state index in [1.165, 1.54) is 12.1 Å². The van der Waals surface area contributed by atoms with E-state index in [0.717, 1.165) is 23.0 Å². The molecule has 0 saturated heterocycles. The molecule has 21 heavy (non-hydrogen) atoms. The fourth-order valence-electron chi connectivity index (χ4n) is 2.21. The largest absolute Gasteiger partial charge is 0.418 e. The molecule has 0 radical (unpaired) electrons. The Balaban J connectivity index is 2.26. The van der Waals surface area contributed by atoms with Crippen LogP contribution < -0.4 is 5.32 Å². The summed E-state index contributed by atoms with van der Waals surface area (Å²) in [5.74, 6) is 0. The van der Waals surface area contributed by atoms with Crippen LogP contribution in [0.4, 0.5) is 18.9 Å². The van der Waals surface area contributed by atoms with Crippen molar-refractivity contribution in [1.29, 1.82) is 0 Å². The number of aromatic nitrogens is 1. The predicted octanol–water partition coefficient (Wildman–Crippen LogP) is 4.93. The molecule has 0 bridgehead atoms. The minimum atomic E-state index is -4.44. The van der Waals surface area contributed by atoms with Crippen molar-refractivity contribution in [2.24, 2.45) is 7.05 Å². The minimum absolute atomic E-state index is 0.0350. The standard InChI is InChI=1S/C15H16ClF3N2/c1-9-6-11(10(2)21(9)3)8-20-14-5-4-12(16)7-13(14)15(17,18)19/h4-7,20H,8H2,1-3H3. The van der Waals surface area contributed by atoms with Crippen LogP contribution in [0.2, 0.25) is 5.02 Å². The molecule has 0 fully saturated rings. The summed E-state index contributed by atoms with van der Waals surface area (Å²) in [6.45, 7) is 4.23. The maximum atomic E-state index is 13.0. The van der Waals surface area contributed by atoms with E-state index in [9.17, 15) is 13.2 Å². The number of alkyl halides is 3.